The van der Waals surface area contributed by atoms with Crippen LogP contribution in [0.4, 0.5) is 5.69 Å². The summed E-state index contributed by atoms with van der Waals surface area (Å²) >= 11 is 13.2. The van der Waals surface area contributed by atoms with Gasteiger partial charge in [0.15, 0.2) is 15.1 Å². The van der Waals surface area contributed by atoms with Gasteiger partial charge in [0.2, 0.25) is 0 Å². The van der Waals surface area contributed by atoms with Gasteiger partial charge in [-0.3, -0.25) is 9.12 Å². The van der Waals surface area contributed by atoms with Crippen molar-refractivity contribution in [1.82, 2.24) is 9.38 Å². The van der Waals surface area contributed by atoms with E-state index in [-0.39, 0.29) is 10.2 Å². The van der Waals surface area contributed by atoms with E-state index in [0.29, 0.717) is 15.7 Å². The van der Waals surface area contributed by atoms with E-state index >= 15 is 0 Å². The first-order valence-corrected chi connectivity index (χ1v) is 8.90. The van der Waals surface area contributed by atoms with Crippen molar-refractivity contribution in [2.24, 2.45) is 0 Å². The Bertz CT molecular complexity index is 931. The fraction of sp³-hybridized carbons (Fsp3) is 0.0833. The van der Waals surface area contributed by atoms with E-state index in [1.54, 1.807) is 29.8 Å². The number of thiazole rings is 1. The standard InChI is InChI=1S/C12H9Cl2N3O2S2/c1-7-2-3-8(6-9(7)13)16-21(18,19)11-10(14)15-12-17(11)4-5-20-12/h2-6,16H,1H3. The Morgan fingerprint density at radius 1 is 1.33 bits per heavy atom. The average Bonchev–Trinajstić information content (AvgIpc) is 2.92. The van der Waals surface area contributed by atoms with Crippen LogP contribution in [0.2, 0.25) is 10.2 Å². The molecular weight excluding hydrogens is 353 g/mol. The quantitative estimate of drug-likeness (QED) is 0.771. The molecule has 0 radical (unpaired) electrons. The number of sulfonamides is 1. The van der Waals surface area contributed by atoms with Crippen molar-refractivity contribution in [3.8, 4) is 0 Å². The number of benzene rings is 1. The van der Waals surface area contributed by atoms with E-state index in [0.717, 1.165) is 5.56 Å². The molecule has 2 heterocycles. The molecule has 0 atom stereocenters. The number of nitrogens with zero attached hydrogens (tertiary/aromatic N) is 2. The van der Waals surface area contributed by atoms with E-state index in [1.807, 2.05) is 6.92 Å². The zero-order valence-electron chi connectivity index (χ0n) is 10.7. The summed E-state index contributed by atoms with van der Waals surface area (Å²) in [6.07, 6.45) is 1.61. The lowest BCUT2D eigenvalue weighted by molar-refractivity contribution is 0.597. The molecule has 1 N–H and O–H groups in total. The average molecular weight is 362 g/mol. The summed E-state index contributed by atoms with van der Waals surface area (Å²) in [4.78, 5) is 4.53. The zero-order chi connectivity index (χ0) is 15.2. The van der Waals surface area contributed by atoms with E-state index < -0.39 is 10.0 Å². The van der Waals surface area contributed by atoms with Gasteiger partial charge in [-0.15, -0.1) is 11.3 Å². The Kier molecular flexibility index (Phi) is 3.61. The van der Waals surface area contributed by atoms with Crippen LogP contribution >= 0.6 is 34.5 Å². The smallest absolute Gasteiger partial charge is 0.278 e. The van der Waals surface area contributed by atoms with E-state index in [2.05, 4.69) is 9.71 Å². The van der Waals surface area contributed by atoms with Crippen LogP contribution in [-0.4, -0.2) is 17.8 Å². The summed E-state index contributed by atoms with van der Waals surface area (Å²) in [5.74, 6) is 0. The number of nitrogens with one attached hydrogen (secondary N) is 1. The minimum atomic E-state index is -3.86. The van der Waals surface area contributed by atoms with Crippen molar-refractivity contribution >= 4 is 55.2 Å². The molecular formula is C12H9Cl2N3O2S2. The predicted molar refractivity (Wildman–Crippen MR) is 85.1 cm³/mol. The molecule has 0 unspecified atom stereocenters. The van der Waals surface area contributed by atoms with E-state index in [1.165, 1.54) is 15.7 Å². The second-order valence-electron chi connectivity index (χ2n) is 4.33. The highest BCUT2D eigenvalue weighted by atomic mass is 35.5. The Morgan fingerprint density at radius 2 is 2.10 bits per heavy atom. The van der Waals surface area contributed by atoms with Crippen LogP contribution in [0.1, 0.15) is 5.56 Å². The summed E-state index contributed by atoms with van der Waals surface area (Å²) < 4.78 is 28.9. The Balaban J connectivity index is 2.06. The second kappa shape index (κ2) is 5.17. The molecule has 0 aliphatic rings. The number of anilines is 1. The molecule has 0 aliphatic carbocycles. The van der Waals surface area contributed by atoms with Crippen LogP contribution in [-0.2, 0) is 10.0 Å². The molecule has 3 aromatic rings. The lowest BCUT2D eigenvalue weighted by atomic mass is 10.2. The van der Waals surface area contributed by atoms with Crippen LogP contribution in [0.25, 0.3) is 4.96 Å². The third kappa shape index (κ3) is 2.62. The van der Waals surface area contributed by atoms with E-state index in [4.69, 9.17) is 23.2 Å². The number of imidazole rings is 1. The second-order valence-corrected chi connectivity index (χ2v) is 7.57. The minimum Gasteiger partial charge on any atom is -0.278 e. The number of aromatic nitrogens is 2. The van der Waals surface area contributed by atoms with Gasteiger partial charge in [-0.25, -0.2) is 4.98 Å². The largest absolute Gasteiger partial charge is 0.281 e. The summed E-state index contributed by atoms with van der Waals surface area (Å²) in [5, 5.41) is 2.07. The third-order valence-electron chi connectivity index (χ3n) is 2.86. The first kappa shape index (κ1) is 14.6. The molecule has 21 heavy (non-hydrogen) atoms. The number of hydrogen-bond donors (Lipinski definition) is 1. The predicted octanol–water partition coefficient (Wildman–Crippen LogP) is 3.81. The molecule has 3 rings (SSSR count). The number of halogens is 2. The Hall–Kier alpha value is -1.28. The topological polar surface area (TPSA) is 63.5 Å². The lowest BCUT2D eigenvalue weighted by Crippen LogP contribution is -2.15. The monoisotopic (exact) mass is 361 g/mol. The Morgan fingerprint density at radius 3 is 2.81 bits per heavy atom. The fourth-order valence-corrected chi connectivity index (χ4v) is 4.52. The maximum absolute atomic E-state index is 12.5. The molecule has 0 amide bonds. The van der Waals surface area contributed by atoms with Crippen molar-refractivity contribution in [3.05, 3.63) is 45.5 Å². The fourth-order valence-electron chi connectivity index (χ4n) is 1.84. The van der Waals surface area contributed by atoms with Crippen molar-refractivity contribution in [2.75, 3.05) is 4.72 Å². The molecule has 0 aliphatic heterocycles. The molecule has 110 valence electrons. The summed E-state index contributed by atoms with van der Waals surface area (Å²) in [5.41, 5.74) is 1.23. The molecule has 5 nitrogen and oxygen atoms in total. The molecule has 2 aromatic heterocycles. The SMILES string of the molecule is Cc1ccc(NS(=O)(=O)c2c(Cl)nc3sccn23)cc1Cl. The van der Waals surface area contributed by atoms with Crippen LogP contribution in [0.5, 0.6) is 0 Å². The van der Waals surface area contributed by atoms with Crippen molar-refractivity contribution in [2.45, 2.75) is 11.9 Å². The van der Waals surface area contributed by atoms with Crippen molar-refractivity contribution in [1.29, 1.82) is 0 Å². The van der Waals surface area contributed by atoms with Gasteiger partial charge < -0.3 is 0 Å². The summed E-state index contributed by atoms with van der Waals surface area (Å²) in [6, 6.07) is 4.92. The van der Waals surface area contributed by atoms with Crippen molar-refractivity contribution in [3.63, 3.8) is 0 Å². The van der Waals surface area contributed by atoms with Crippen LogP contribution in [0.15, 0.2) is 34.8 Å². The third-order valence-corrected chi connectivity index (χ3v) is 5.80. The summed E-state index contributed by atoms with van der Waals surface area (Å²) in [6.45, 7) is 1.84. The highest BCUT2D eigenvalue weighted by Gasteiger charge is 2.25. The van der Waals surface area contributed by atoms with E-state index in [9.17, 15) is 8.42 Å². The Labute approximate surface area is 135 Å². The first-order valence-electron chi connectivity index (χ1n) is 5.78. The lowest BCUT2D eigenvalue weighted by Gasteiger charge is -2.08. The van der Waals surface area contributed by atoms with Crippen LogP contribution in [0, 0.1) is 6.92 Å². The number of rotatable bonds is 3. The van der Waals surface area contributed by atoms with Gasteiger partial charge >= 0.3 is 0 Å². The van der Waals surface area contributed by atoms with Crippen LogP contribution < -0.4 is 4.72 Å². The number of aryl methyl sites for hydroxylation is 1. The molecule has 0 bridgehead atoms. The first-order chi connectivity index (χ1) is 9.88. The highest BCUT2D eigenvalue weighted by Crippen LogP contribution is 2.28. The van der Waals surface area contributed by atoms with Gasteiger partial charge in [0.05, 0.1) is 5.69 Å². The van der Waals surface area contributed by atoms with Gasteiger partial charge in [0, 0.05) is 16.6 Å². The van der Waals surface area contributed by atoms with Gasteiger partial charge in [-0.2, -0.15) is 8.42 Å². The summed E-state index contributed by atoms with van der Waals surface area (Å²) in [7, 11) is -3.86. The zero-order valence-corrected chi connectivity index (χ0v) is 13.8. The maximum Gasteiger partial charge on any atom is 0.281 e. The van der Waals surface area contributed by atoms with Gasteiger partial charge in [-0.1, -0.05) is 29.3 Å². The maximum atomic E-state index is 12.5. The number of fused-ring (bicyclic) bond motifs is 1. The highest BCUT2D eigenvalue weighted by molar-refractivity contribution is 7.92. The minimum absolute atomic E-state index is 0.0624. The molecule has 0 saturated heterocycles. The molecule has 0 fully saturated rings. The number of hydrogen-bond acceptors (Lipinski definition) is 4. The normalized spacial score (nSPS) is 12.0. The van der Waals surface area contributed by atoms with Gasteiger partial charge in [-0.05, 0) is 24.6 Å². The molecule has 9 heteroatoms. The van der Waals surface area contributed by atoms with Crippen molar-refractivity contribution < 1.29 is 8.42 Å². The van der Waals surface area contributed by atoms with Crippen LogP contribution in [0.3, 0.4) is 0 Å². The van der Waals surface area contributed by atoms with Gasteiger partial charge in [0.1, 0.15) is 0 Å². The molecule has 1 aromatic carbocycles. The molecule has 0 spiro atoms. The van der Waals surface area contributed by atoms with Gasteiger partial charge in [0.25, 0.3) is 10.0 Å². The molecule has 0 saturated carbocycles.